The number of nitrogens with zero attached hydrogens (tertiary/aromatic N) is 7. The third-order valence-corrected chi connectivity index (χ3v) is 16.8. The van der Waals surface area contributed by atoms with Gasteiger partial charge in [-0.05, 0) is 336 Å². The second kappa shape index (κ2) is 55.5. The average Bonchev–Trinajstić information content (AvgIpc) is 3.78. The lowest BCUT2D eigenvalue weighted by molar-refractivity contribution is 0.130. The van der Waals surface area contributed by atoms with E-state index < -0.39 is 0 Å². The molecule has 11 nitrogen and oxygen atoms in total. The Bertz CT molecular complexity index is 1420. The van der Waals surface area contributed by atoms with Crippen molar-refractivity contribution in [1.82, 2.24) is 44.9 Å². The molecule has 2 aliphatic rings. The largest absolute Gasteiger partial charge is 0.395 e. The quantitative estimate of drug-likeness (QED) is 0.0745. The number of rotatable bonds is 24. The second-order valence-corrected chi connectivity index (χ2v) is 34.3. The molecule has 1 aliphatic carbocycles. The van der Waals surface area contributed by atoms with E-state index in [0.29, 0.717) is 45.3 Å². The summed E-state index contributed by atoms with van der Waals surface area (Å²) < 4.78 is 0. The lowest BCUT2D eigenvalue weighted by Crippen LogP contribution is -2.45. The number of likely N-dealkylation sites (tertiary alicyclic amines) is 1. The van der Waals surface area contributed by atoms with Crippen LogP contribution in [0.5, 0.6) is 0 Å². The topological polar surface area (TPSA) is 87.2 Å². The molecular formula is C79H181N9O2. The fourth-order valence-electron chi connectivity index (χ4n) is 10.0. The average molecular weight is 1290 g/mol. The molecule has 1 atom stereocenters. The number of nitrogens with one attached hydrogen (secondary N) is 2. The van der Waals surface area contributed by atoms with Gasteiger partial charge in [-0.2, -0.15) is 0 Å². The molecule has 1 saturated carbocycles. The van der Waals surface area contributed by atoms with Crippen molar-refractivity contribution in [1.29, 1.82) is 0 Å². The van der Waals surface area contributed by atoms with Crippen molar-refractivity contribution >= 4 is 0 Å². The van der Waals surface area contributed by atoms with Gasteiger partial charge in [0.2, 0.25) is 0 Å². The van der Waals surface area contributed by atoms with Crippen LogP contribution in [0.25, 0.3) is 0 Å². The van der Waals surface area contributed by atoms with Gasteiger partial charge in [0.1, 0.15) is 0 Å². The first kappa shape index (κ1) is 103. The van der Waals surface area contributed by atoms with Crippen LogP contribution in [0.15, 0.2) is 0 Å². The molecule has 1 heterocycles. The summed E-state index contributed by atoms with van der Waals surface area (Å²) in [4.78, 5) is 17.2. The molecule has 1 saturated heterocycles. The summed E-state index contributed by atoms with van der Waals surface area (Å²) in [5.41, 5.74) is 2.54. The molecule has 2 rings (SSSR count). The summed E-state index contributed by atoms with van der Waals surface area (Å²) in [6, 6.07) is 1.50. The number of unbranched alkanes of at least 4 members (excludes halogenated alkanes) is 1. The molecule has 1 unspecified atom stereocenters. The van der Waals surface area contributed by atoms with Gasteiger partial charge in [0.05, 0.1) is 13.2 Å². The zero-order valence-electron chi connectivity index (χ0n) is 70.1. The maximum atomic E-state index is 8.83. The summed E-state index contributed by atoms with van der Waals surface area (Å²) in [5, 5.41) is 24.3. The first-order valence-corrected chi connectivity index (χ1v) is 37.8. The molecule has 0 aromatic heterocycles. The summed E-state index contributed by atoms with van der Waals surface area (Å²) in [6.07, 6.45) is 18.5. The van der Waals surface area contributed by atoms with Crippen LogP contribution in [0.2, 0.25) is 0 Å². The lowest BCUT2D eigenvalue weighted by atomic mass is 10.0. The summed E-state index contributed by atoms with van der Waals surface area (Å²) in [6.45, 7) is 97.2. The van der Waals surface area contributed by atoms with Crippen molar-refractivity contribution in [2.75, 3.05) is 106 Å². The van der Waals surface area contributed by atoms with E-state index >= 15 is 0 Å². The van der Waals surface area contributed by atoms with Crippen molar-refractivity contribution in [2.24, 2.45) is 5.92 Å². The van der Waals surface area contributed by atoms with Crippen LogP contribution >= 0.6 is 0 Å². The van der Waals surface area contributed by atoms with E-state index in [9.17, 15) is 0 Å². The molecule has 0 amide bonds. The number of hydrogen-bond acceptors (Lipinski definition) is 11. The highest BCUT2D eigenvalue weighted by Crippen LogP contribution is 2.32. The summed E-state index contributed by atoms with van der Waals surface area (Å²) in [5.74, 6) is 1.02. The Kier molecular flexibility index (Phi) is 63.6. The number of aliphatic hydroxyl groups is 2. The minimum absolute atomic E-state index is 0.114. The molecule has 0 radical (unpaired) electrons. The molecule has 0 aromatic carbocycles. The molecule has 0 aromatic rings. The second-order valence-electron chi connectivity index (χ2n) is 34.3. The third kappa shape index (κ3) is 68.9. The number of likely N-dealkylation sites (N-methyl/N-ethyl adjacent to an activating group) is 1. The Morgan fingerprint density at radius 2 is 0.756 bits per heavy atom. The van der Waals surface area contributed by atoms with Crippen LogP contribution in [-0.4, -0.2) is 213 Å². The predicted molar refractivity (Wildman–Crippen MR) is 415 cm³/mol. The van der Waals surface area contributed by atoms with E-state index in [1.165, 1.54) is 136 Å². The molecule has 11 heteroatoms. The standard InChI is InChI=1S/C11H23N.C10H21N.2C10H23N.C9H21N.C8H19NO.C8H19N.C7H17NO.C6H15N/c1-5-8-12(11(2,3)4)9-10-6-7-10;1-10(2,3)11-8-6-4-5-7-9-11;1-6-8-9-11(7-2)10(3,4)5;1-6-8-11(9-7-2)10(3,4)5;1-6-8(7-2)10-9(3,4)5;1-5-7(6-10)9-8(2,3)4;1-6-9(7-2)8(3,4)5;1-4-8(5-6-9)7(2)3;1-6(2,3)7(4)5/h10H,5-9H2,1-4H3;4-9H2,1-3H3;2*6-9H2,1-5H3;8,10H,6-7H2,1-5H3;7,9-10H,5-6H2,1-4H3;6-7H2,1-5H3;7,9H,4-6H2,1-3H3;1-5H3. The normalized spacial score (nSPS) is 14.9. The van der Waals surface area contributed by atoms with Gasteiger partial charge >= 0.3 is 0 Å². The zero-order valence-corrected chi connectivity index (χ0v) is 70.1. The molecule has 1 aliphatic heterocycles. The maximum Gasteiger partial charge on any atom is 0.0584 e. The van der Waals surface area contributed by atoms with E-state index in [-0.39, 0.29) is 30.3 Å². The SMILES string of the molecule is CC(C)(C)N1CCCCCC1.CCC(CC)NC(C)(C)C.CCC(CO)NC(C)(C)C.CCCCN(CC)C(C)(C)C.CCCN(CC1CC1)C(C)(C)C.CCCN(CCC)C(C)(C)C.CCN(CC)C(C)(C)C.CCN(CCO)C(C)C.CN(C)C(C)(C)C. The van der Waals surface area contributed by atoms with Crippen molar-refractivity contribution in [3.8, 4) is 0 Å². The molecule has 90 heavy (non-hydrogen) atoms. The molecule has 4 N–H and O–H groups in total. The fraction of sp³-hybridized carbons (Fsp3) is 1.00. The van der Waals surface area contributed by atoms with Crippen molar-refractivity contribution in [2.45, 2.75) is 409 Å². The van der Waals surface area contributed by atoms with Crippen LogP contribution < -0.4 is 10.6 Å². The van der Waals surface area contributed by atoms with Gasteiger partial charge < -0.3 is 25.7 Å². The summed E-state index contributed by atoms with van der Waals surface area (Å²) >= 11 is 0. The summed E-state index contributed by atoms with van der Waals surface area (Å²) in [7, 11) is 4.17. The highest BCUT2D eigenvalue weighted by molar-refractivity contribution is 4.84. The minimum atomic E-state index is 0.114. The van der Waals surface area contributed by atoms with Crippen LogP contribution in [0.1, 0.15) is 346 Å². The van der Waals surface area contributed by atoms with Gasteiger partial charge in [-0.25, -0.2) is 0 Å². The van der Waals surface area contributed by atoms with Gasteiger partial charge in [-0.3, -0.25) is 29.4 Å². The van der Waals surface area contributed by atoms with Gasteiger partial charge in [-0.1, -0.05) is 95.4 Å². The Morgan fingerprint density at radius 3 is 0.933 bits per heavy atom. The van der Waals surface area contributed by atoms with Gasteiger partial charge in [0.15, 0.2) is 0 Å². The Balaban J connectivity index is -0.000000173. The lowest BCUT2D eigenvalue weighted by Gasteiger charge is -2.35. The first-order chi connectivity index (χ1) is 40.8. The molecule has 554 valence electrons. The van der Waals surface area contributed by atoms with E-state index in [1.54, 1.807) is 0 Å². The number of aliphatic hydroxyl groups excluding tert-OH is 2. The number of hydrogen-bond donors (Lipinski definition) is 4. The van der Waals surface area contributed by atoms with Gasteiger partial charge in [0.25, 0.3) is 0 Å². The highest BCUT2D eigenvalue weighted by atomic mass is 16.3. The fourth-order valence-corrected chi connectivity index (χ4v) is 10.0. The first-order valence-electron chi connectivity index (χ1n) is 37.8. The molecule has 0 spiro atoms. The van der Waals surface area contributed by atoms with Crippen LogP contribution in [0.4, 0.5) is 0 Å². The van der Waals surface area contributed by atoms with Crippen LogP contribution in [-0.2, 0) is 0 Å². The molecule has 0 bridgehead atoms. The van der Waals surface area contributed by atoms with Gasteiger partial charge in [0, 0.05) is 75.5 Å². The minimum Gasteiger partial charge on any atom is -0.395 e. The Morgan fingerprint density at radius 1 is 0.411 bits per heavy atom. The molecule has 2 fully saturated rings. The van der Waals surface area contributed by atoms with Crippen LogP contribution in [0, 0.1) is 5.92 Å². The van der Waals surface area contributed by atoms with Gasteiger partial charge in [-0.15, -0.1) is 0 Å². The third-order valence-electron chi connectivity index (χ3n) is 16.8. The van der Waals surface area contributed by atoms with Crippen LogP contribution in [0.3, 0.4) is 0 Å². The maximum absolute atomic E-state index is 8.83. The monoisotopic (exact) mass is 1290 g/mol. The molecular weight excluding hydrogens is 1110 g/mol. The van der Waals surface area contributed by atoms with E-state index in [2.05, 4.69) is 315 Å². The van der Waals surface area contributed by atoms with Crippen molar-refractivity contribution in [3.05, 3.63) is 0 Å². The highest BCUT2D eigenvalue weighted by Gasteiger charge is 2.29. The van der Waals surface area contributed by atoms with E-state index in [0.717, 1.165) is 38.5 Å². The predicted octanol–water partition coefficient (Wildman–Crippen LogP) is 19.3. The smallest absolute Gasteiger partial charge is 0.0584 e. The van der Waals surface area contributed by atoms with Crippen molar-refractivity contribution in [3.63, 3.8) is 0 Å². The zero-order chi connectivity index (χ0) is 72.6. The van der Waals surface area contributed by atoms with Crippen molar-refractivity contribution < 1.29 is 10.2 Å². The van der Waals surface area contributed by atoms with E-state index in [1.807, 2.05) is 0 Å². The van der Waals surface area contributed by atoms with E-state index in [4.69, 9.17) is 10.2 Å². The Labute approximate surface area is 572 Å². The Hall–Kier alpha value is -0.440.